The van der Waals surface area contributed by atoms with Gasteiger partial charge in [-0.15, -0.1) is 0 Å². The maximum absolute atomic E-state index is 12.8. The highest BCUT2D eigenvalue weighted by atomic mass is 16.5. The summed E-state index contributed by atoms with van der Waals surface area (Å²) in [5.41, 5.74) is -0.894. The molecule has 1 spiro atoms. The van der Waals surface area contributed by atoms with E-state index < -0.39 is 24.1 Å². The predicted molar refractivity (Wildman–Crippen MR) is 96.6 cm³/mol. The fourth-order valence-electron chi connectivity index (χ4n) is 4.51. The number of carbonyl (C=O) groups excluding carboxylic acids is 4. The number of ether oxygens (including phenoxy) is 1. The minimum atomic E-state index is -0.894. The Bertz CT molecular complexity index is 637. The van der Waals surface area contributed by atoms with E-state index in [2.05, 4.69) is 5.32 Å². The zero-order valence-corrected chi connectivity index (χ0v) is 16.2. The number of piperidine rings is 1. The van der Waals surface area contributed by atoms with Crippen LogP contribution in [0.2, 0.25) is 0 Å². The van der Waals surface area contributed by atoms with Gasteiger partial charge in [0, 0.05) is 12.6 Å². The molecule has 0 radical (unpaired) electrons. The van der Waals surface area contributed by atoms with Gasteiger partial charge in [-0.05, 0) is 44.9 Å². The molecular weight excluding hydrogens is 350 g/mol. The molecule has 0 aromatic carbocycles. The van der Waals surface area contributed by atoms with Crippen LogP contribution in [0.1, 0.15) is 58.8 Å². The molecule has 3 atom stereocenters. The lowest BCUT2D eigenvalue weighted by Gasteiger charge is -2.36. The van der Waals surface area contributed by atoms with Gasteiger partial charge >= 0.3 is 12.0 Å². The summed E-state index contributed by atoms with van der Waals surface area (Å²) in [5.74, 6) is -1.29. The molecule has 3 aliphatic rings. The molecule has 3 fully saturated rings. The Labute approximate surface area is 159 Å². The van der Waals surface area contributed by atoms with Crippen LogP contribution in [0.25, 0.3) is 0 Å². The van der Waals surface area contributed by atoms with Crippen LogP contribution in [0, 0.1) is 5.92 Å². The van der Waals surface area contributed by atoms with Gasteiger partial charge in [-0.25, -0.2) is 4.79 Å². The number of amides is 4. The van der Waals surface area contributed by atoms with Crippen molar-refractivity contribution >= 4 is 23.8 Å². The van der Waals surface area contributed by atoms with E-state index in [9.17, 15) is 19.2 Å². The molecule has 0 bridgehead atoms. The number of hydrogen-bond donors (Lipinski definition) is 1. The molecule has 150 valence electrons. The first-order chi connectivity index (χ1) is 12.8. The van der Waals surface area contributed by atoms with E-state index in [4.69, 9.17) is 4.74 Å². The molecule has 8 heteroatoms. The van der Waals surface area contributed by atoms with E-state index in [1.165, 1.54) is 0 Å². The van der Waals surface area contributed by atoms with Gasteiger partial charge in [-0.2, -0.15) is 0 Å². The average molecular weight is 379 g/mol. The van der Waals surface area contributed by atoms with Crippen LogP contribution in [-0.4, -0.2) is 64.9 Å². The third kappa shape index (κ3) is 3.80. The second-order valence-corrected chi connectivity index (χ2v) is 8.03. The van der Waals surface area contributed by atoms with E-state index in [0.29, 0.717) is 13.0 Å². The lowest BCUT2D eigenvalue weighted by molar-refractivity contribution is -0.155. The lowest BCUT2D eigenvalue weighted by atomic mass is 9.73. The van der Waals surface area contributed by atoms with Gasteiger partial charge in [0.2, 0.25) is 0 Å². The Balaban J connectivity index is 1.54. The Morgan fingerprint density at radius 3 is 2.59 bits per heavy atom. The average Bonchev–Trinajstić information content (AvgIpc) is 2.87. The standard InChI is InChI=1S/C19H29N3O5/c1-13-7-3-5-9-19(13)17(25)22(18(26)20-19)11-16(24)27-12-15(23)21-10-6-4-8-14(21)2/h13-14H,3-12H2,1-2H3,(H,20,26)/t13-,14+,19+/m1/s1. The maximum atomic E-state index is 12.8. The molecule has 1 saturated carbocycles. The van der Waals surface area contributed by atoms with Gasteiger partial charge in [0.25, 0.3) is 11.8 Å². The quantitative estimate of drug-likeness (QED) is 0.589. The van der Waals surface area contributed by atoms with Gasteiger partial charge in [0.15, 0.2) is 6.61 Å². The van der Waals surface area contributed by atoms with Crippen LogP contribution < -0.4 is 5.32 Å². The molecule has 2 saturated heterocycles. The molecule has 1 aliphatic carbocycles. The number of likely N-dealkylation sites (tertiary alicyclic amines) is 1. The van der Waals surface area contributed by atoms with Crippen molar-refractivity contribution in [3.63, 3.8) is 0 Å². The van der Waals surface area contributed by atoms with E-state index in [1.54, 1.807) is 4.90 Å². The Hall–Kier alpha value is -2.12. The predicted octanol–water partition coefficient (Wildman–Crippen LogP) is 1.43. The molecule has 3 rings (SSSR count). The topological polar surface area (TPSA) is 96.0 Å². The first-order valence-electron chi connectivity index (χ1n) is 9.94. The smallest absolute Gasteiger partial charge is 0.326 e. The number of rotatable bonds is 4. The van der Waals surface area contributed by atoms with Gasteiger partial charge in [-0.3, -0.25) is 19.3 Å². The van der Waals surface area contributed by atoms with Crippen LogP contribution in [-0.2, 0) is 19.1 Å². The van der Waals surface area contributed by atoms with E-state index >= 15 is 0 Å². The highest BCUT2D eigenvalue weighted by Crippen LogP contribution is 2.38. The molecule has 2 aliphatic heterocycles. The van der Waals surface area contributed by atoms with Crippen LogP contribution in [0.5, 0.6) is 0 Å². The molecule has 1 N–H and O–H groups in total. The SMILES string of the molecule is C[C@@H]1CCCC[C@]12NC(=O)N(CC(=O)OCC(=O)N1CCCC[C@@H]1C)C2=O. The summed E-state index contributed by atoms with van der Waals surface area (Å²) >= 11 is 0. The number of carbonyl (C=O) groups is 4. The number of nitrogens with one attached hydrogen (secondary N) is 1. The molecule has 0 aromatic rings. The second-order valence-electron chi connectivity index (χ2n) is 8.03. The number of nitrogens with zero attached hydrogens (tertiary/aromatic N) is 2. The van der Waals surface area contributed by atoms with Gasteiger partial charge in [0.1, 0.15) is 12.1 Å². The van der Waals surface area contributed by atoms with Crippen molar-refractivity contribution in [3.05, 3.63) is 0 Å². The highest BCUT2D eigenvalue weighted by molar-refractivity contribution is 6.09. The number of esters is 1. The minimum absolute atomic E-state index is 0.0332. The number of urea groups is 1. The zero-order chi connectivity index (χ0) is 19.6. The summed E-state index contributed by atoms with van der Waals surface area (Å²) in [4.78, 5) is 52.2. The van der Waals surface area contributed by atoms with E-state index in [0.717, 1.165) is 43.4 Å². The zero-order valence-electron chi connectivity index (χ0n) is 16.2. The summed E-state index contributed by atoms with van der Waals surface area (Å²) in [5, 5.41) is 2.80. The molecule has 0 aromatic heterocycles. The first-order valence-corrected chi connectivity index (χ1v) is 9.94. The molecule has 27 heavy (non-hydrogen) atoms. The largest absolute Gasteiger partial charge is 0.454 e. The van der Waals surface area contributed by atoms with Crippen molar-refractivity contribution in [2.75, 3.05) is 19.7 Å². The Morgan fingerprint density at radius 1 is 1.15 bits per heavy atom. The summed E-state index contributed by atoms with van der Waals surface area (Å²) < 4.78 is 5.06. The van der Waals surface area contributed by atoms with Crippen LogP contribution >= 0.6 is 0 Å². The molecule has 2 heterocycles. The monoisotopic (exact) mass is 379 g/mol. The normalized spacial score (nSPS) is 31.2. The van der Waals surface area contributed by atoms with Crippen molar-refractivity contribution in [3.8, 4) is 0 Å². The summed E-state index contributed by atoms with van der Waals surface area (Å²) in [7, 11) is 0. The molecule has 0 unspecified atom stereocenters. The fourth-order valence-corrected chi connectivity index (χ4v) is 4.51. The third-order valence-corrected chi connectivity index (χ3v) is 6.27. The fraction of sp³-hybridized carbons (Fsp3) is 0.789. The van der Waals surface area contributed by atoms with Crippen LogP contribution in [0.15, 0.2) is 0 Å². The second kappa shape index (κ2) is 7.86. The summed E-state index contributed by atoms with van der Waals surface area (Å²) in [6.45, 7) is 3.80. The Kier molecular flexibility index (Phi) is 5.72. The van der Waals surface area contributed by atoms with Crippen LogP contribution in [0.4, 0.5) is 4.79 Å². The maximum Gasteiger partial charge on any atom is 0.326 e. The third-order valence-electron chi connectivity index (χ3n) is 6.27. The Morgan fingerprint density at radius 2 is 1.89 bits per heavy atom. The molecule has 8 nitrogen and oxygen atoms in total. The highest BCUT2D eigenvalue weighted by Gasteiger charge is 2.55. The van der Waals surface area contributed by atoms with E-state index in [-0.39, 0.29) is 30.4 Å². The van der Waals surface area contributed by atoms with E-state index in [1.807, 2.05) is 13.8 Å². The number of hydrogen-bond acceptors (Lipinski definition) is 5. The van der Waals surface area contributed by atoms with Gasteiger partial charge < -0.3 is 15.0 Å². The van der Waals surface area contributed by atoms with Crippen molar-refractivity contribution in [2.24, 2.45) is 5.92 Å². The van der Waals surface area contributed by atoms with Gasteiger partial charge in [-0.1, -0.05) is 19.8 Å². The van der Waals surface area contributed by atoms with Crippen molar-refractivity contribution in [1.82, 2.24) is 15.1 Å². The van der Waals surface area contributed by atoms with Crippen molar-refractivity contribution < 1.29 is 23.9 Å². The summed E-state index contributed by atoms with van der Waals surface area (Å²) in [6, 6.07) is -0.412. The number of imide groups is 1. The van der Waals surface area contributed by atoms with Crippen molar-refractivity contribution in [1.29, 1.82) is 0 Å². The summed E-state index contributed by atoms with van der Waals surface area (Å²) in [6.07, 6.45) is 6.36. The molecule has 4 amide bonds. The van der Waals surface area contributed by atoms with Crippen LogP contribution in [0.3, 0.4) is 0 Å². The van der Waals surface area contributed by atoms with Gasteiger partial charge in [0.05, 0.1) is 0 Å². The first kappa shape index (κ1) is 19.6. The van der Waals surface area contributed by atoms with Crippen molar-refractivity contribution in [2.45, 2.75) is 70.4 Å². The molecular formula is C19H29N3O5. The lowest BCUT2D eigenvalue weighted by Crippen LogP contribution is -2.54. The minimum Gasteiger partial charge on any atom is -0.454 e.